The Hall–Kier alpha value is -3.32. The average Bonchev–Trinajstić information content (AvgIpc) is 2.88. The molecule has 1 heterocycles. The molecule has 1 aromatic heterocycles. The zero-order valence-electron chi connectivity index (χ0n) is 19.0. The van der Waals surface area contributed by atoms with E-state index in [9.17, 15) is 8.42 Å². The molecule has 0 aliphatic heterocycles. The fraction of sp³-hybridized carbons (Fsp3) is 0.179. The summed E-state index contributed by atoms with van der Waals surface area (Å²) in [4.78, 5) is 4.63. The third-order valence-corrected chi connectivity index (χ3v) is 7.38. The minimum atomic E-state index is -3.67. The number of hydrogen-bond acceptors (Lipinski definition) is 4. The summed E-state index contributed by atoms with van der Waals surface area (Å²) in [5.41, 5.74) is 4.00. The second-order valence-corrected chi connectivity index (χ2v) is 10.1. The van der Waals surface area contributed by atoms with Gasteiger partial charge in [0.2, 0.25) is 10.0 Å². The number of hydrogen-bond donors (Lipinski definition) is 1. The van der Waals surface area contributed by atoms with Crippen LogP contribution < -0.4 is 5.32 Å². The summed E-state index contributed by atoms with van der Waals surface area (Å²) in [6.07, 6.45) is 2.65. The first-order valence-electron chi connectivity index (χ1n) is 11.4. The molecule has 3 aromatic carbocycles. The average molecular weight is 472 g/mol. The zero-order chi connectivity index (χ0) is 23.6. The van der Waals surface area contributed by atoms with Crippen LogP contribution in [0.25, 0.3) is 0 Å². The molecule has 0 aliphatic carbocycles. The highest BCUT2D eigenvalue weighted by atomic mass is 32.2. The van der Waals surface area contributed by atoms with Gasteiger partial charge in [-0.25, -0.2) is 8.42 Å². The van der Waals surface area contributed by atoms with E-state index in [1.54, 1.807) is 18.3 Å². The molecule has 1 N–H and O–H groups in total. The molecular weight excluding hydrogens is 442 g/mol. The van der Waals surface area contributed by atoms with Crippen LogP contribution in [0, 0.1) is 0 Å². The lowest BCUT2D eigenvalue weighted by atomic mass is 10.2. The van der Waals surface area contributed by atoms with E-state index in [-0.39, 0.29) is 0 Å². The standard InChI is InChI=1S/C28H29N3O2S/c32-34(33,31(22-25-9-3-1-4-10-25)23-26-11-5-2-6-12-26)28-16-14-24(15-17-28)21-29-20-18-27-13-7-8-19-30-27/h1-17,19,29H,18,20-23H2. The summed E-state index contributed by atoms with van der Waals surface area (Å²) in [6.45, 7) is 2.10. The largest absolute Gasteiger partial charge is 0.312 e. The van der Waals surface area contributed by atoms with Crippen LogP contribution in [-0.2, 0) is 36.1 Å². The van der Waals surface area contributed by atoms with Crippen molar-refractivity contribution in [1.29, 1.82) is 0 Å². The topological polar surface area (TPSA) is 62.3 Å². The van der Waals surface area contributed by atoms with E-state index in [2.05, 4.69) is 10.3 Å². The number of aromatic nitrogens is 1. The van der Waals surface area contributed by atoms with Crippen molar-refractivity contribution in [1.82, 2.24) is 14.6 Å². The fourth-order valence-corrected chi connectivity index (χ4v) is 5.14. The van der Waals surface area contributed by atoms with Gasteiger partial charge in [-0.05, 0) is 41.0 Å². The van der Waals surface area contributed by atoms with Crippen LogP contribution in [0.5, 0.6) is 0 Å². The molecule has 0 atom stereocenters. The second kappa shape index (κ2) is 11.7. The Morgan fingerprint density at radius 3 is 1.82 bits per heavy atom. The van der Waals surface area contributed by atoms with Gasteiger partial charge in [-0.2, -0.15) is 4.31 Å². The summed E-state index contributed by atoms with van der Waals surface area (Å²) >= 11 is 0. The highest BCUT2D eigenvalue weighted by Gasteiger charge is 2.25. The Morgan fingerprint density at radius 2 is 1.26 bits per heavy atom. The monoisotopic (exact) mass is 471 g/mol. The van der Waals surface area contributed by atoms with Crippen LogP contribution in [0.3, 0.4) is 0 Å². The van der Waals surface area contributed by atoms with Crippen molar-refractivity contribution in [3.05, 3.63) is 132 Å². The molecule has 5 nitrogen and oxygen atoms in total. The van der Waals surface area contributed by atoms with Gasteiger partial charge >= 0.3 is 0 Å². The molecule has 4 rings (SSSR count). The predicted molar refractivity (Wildman–Crippen MR) is 135 cm³/mol. The van der Waals surface area contributed by atoms with Crippen LogP contribution in [0.1, 0.15) is 22.4 Å². The van der Waals surface area contributed by atoms with E-state index in [1.165, 1.54) is 4.31 Å². The van der Waals surface area contributed by atoms with Crippen LogP contribution >= 0.6 is 0 Å². The highest BCUT2D eigenvalue weighted by Crippen LogP contribution is 2.22. The van der Waals surface area contributed by atoms with Gasteiger partial charge in [-0.15, -0.1) is 0 Å². The molecule has 0 spiro atoms. The van der Waals surface area contributed by atoms with Gasteiger partial charge in [0.05, 0.1) is 4.90 Å². The van der Waals surface area contributed by atoms with Gasteiger partial charge in [-0.1, -0.05) is 78.9 Å². The van der Waals surface area contributed by atoms with Crippen molar-refractivity contribution in [2.24, 2.45) is 0 Å². The number of sulfonamides is 1. The van der Waals surface area contributed by atoms with E-state index in [4.69, 9.17) is 0 Å². The van der Waals surface area contributed by atoms with Crippen LogP contribution in [0.4, 0.5) is 0 Å². The SMILES string of the molecule is O=S(=O)(c1ccc(CNCCc2ccccn2)cc1)N(Cc1ccccc1)Cc1ccccc1. The number of nitrogens with one attached hydrogen (secondary N) is 1. The third kappa shape index (κ3) is 6.60. The molecule has 34 heavy (non-hydrogen) atoms. The lowest BCUT2D eigenvalue weighted by Crippen LogP contribution is -2.30. The first-order chi connectivity index (χ1) is 16.6. The van der Waals surface area contributed by atoms with Crippen molar-refractivity contribution in [3.8, 4) is 0 Å². The van der Waals surface area contributed by atoms with Crippen molar-refractivity contribution in [3.63, 3.8) is 0 Å². The Bertz CT molecular complexity index is 1210. The van der Waals surface area contributed by atoms with Gasteiger partial charge in [0, 0.05) is 44.5 Å². The summed E-state index contributed by atoms with van der Waals surface area (Å²) in [6, 6.07) is 32.5. The Morgan fingerprint density at radius 1 is 0.676 bits per heavy atom. The summed E-state index contributed by atoms with van der Waals surface area (Å²) in [7, 11) is -3.67. The molecule has 6 heteroatoms. The molecule has 0 radical (unpaired) electrons. The van der Waals surface area contributed by atoms with Crippen molar-refractivity contribution >= 4 is 10.0 Å². The quantitative estimate of drug-likeness (QED) is 0.319. The number of benzene rings is 3. The number of rotatable bonds is 11. The smallest absolute Gasteiger partial charge is 0.243 e. The molecule has 0 amide bonds. The second-order valence-electron chi connectivity index (χ2n) is 8.14. The van der Waals surface area contributed by atoms with E-state index in [0.29, 0.717) is 24.5 Å². The van der Waals surface area contributed by atoms with Gasteiger partial charge in [0.25, 0.3) is 0 Å². The molecule has 174 valence electrons. The van der Waals surface area contributed by atoms with E-state index >= 15 is 0 Å². The van der Waals surface area contributed by atoms with Crippen molar-refractivity contribution in [2.45, 2.75) is 31.0 Å². The normalized spacial score (nSPS) is 11.6. The van der Waals surface area contributed by atoms with Gasteiger partial charge in [0.15, 0.2) is 0 Å². The number of nitrogens with zero attached hydrogens (tertiary/aromatic N) is 2. The van der Waals surface area contributed by atoms with Crippen LogP contribution in [0.2, 0.25) is 0 Å². The minimum Gasteiger partial charge on any atom is -0.312 e. The molecule has 0 unspecified atom stereocenters. The van der Waals surface area contributed by atoms with Crippen LogP contribution in [-0.4, -0.2) is 24.3 Å². The lowest BCUT2D eigenvalue weighted by molar-refractivity contribution is 0.401. The molecule has 0 bridgehead atoms. The lowest BCUT2D eigenvalue weighted by Gasteiger charge is -2.23. The number of pyridine rings is 1. The highest BCUT2D eigenvalue weighted by molar-refractivity contribution is 7.89. The first kappa shape index (κ1) is 23.8. The van der Waals surface area contributed by atoms with E-state index in [0.717, 1.165) is 35.3 Å². The molecule has 4 aromatic rings. The Labute approximate surface area is 202 Å². The van der Waals surface area contributed by atoms with Crippen molar-refractivity contribution in [2.75, 3.05) is 6.54 Å². The maximum atomic E-state index is 13.6. The molecular formula is C28H29N3O2S. The predicted octanol–water partition coefficient (Wildman–Crippen LogP) is 4.81. The Balaban J connectivity index is 1.43. The van der Waals surface area contributed by atoms with E-state index < -0.39 is 10.0 Å². The van der Waals surface area contributed by atoms with E-state index in [1.807, 2.05) is 91.0 Å². The Kier molecular flexibility index (Phi) is 8.20. The fourth-order valence-electron chi connectivity index (χ4n) is 3.72. The van der Waals surface area contributed by atoms with Crippen molar-refractivity contribution < 1.29 is 8.42 Å². The van der Waals surface area contributed by atoms with Crippen LogP contribution in [0.15, 0.2) is 114 Å². The zero-order valence-corrected chi connectivity index (χ0v) is 19.9. The van der Waals surface area contributed by atoms with Gasteiger partial charge in [-0.3, -0.25) is 4.98 Å². The third-order valence-electron chi connectivity index (χ3n) is 5.58. The molecule has 0 aliphatic rings. The summed E-state index contributed by atoms with van der Waals surface area (Å²) in [5, 5.41) is 3.40. The minimum absolute atomic E-state index is 0.302. The maximum Gasteiger partial charge on any atom is 0.243 e. The first-order valence-corrected chi connectivity index (χ1v) is 12.8. The van der Waals surface area contributed by atoms with Gasteiger partial charge in [0.1, 0.15) is 0 Å². The summed E-state index contributed by atoms with van der Waals surface area (Å²) in [5.74, 6) is 0. The maximum absolute atomic E-state index is 13.6. The molecule has 0 saturated carbocycles. The molecule has 0 fully saturated rings. The summed E-state index contributed by atoms with van der Waals surface area (Å²) < 4.78 is 28.7. The van der Waals surface area contributed by atoms with Gasteiger partial charge < -0.3 is 5.32 Å². The molecule has 0 saturated heterocycles.